The lowest BCUT2D eigenvalue weighted by molar-refractivity contribution is -0.387. The molecule has 1 aliphatic heterocycles. The molecule has 7 nitrogen and oxygen atoms in total. The molecule has 22 heavy (non-hydrogen) atoms. The van der Waals surface area contributed by atoms with Crippen LogP contribution in [-0.4, -0.2) is 43.3 Å². The third-order valence-electron chi connectivity index (χ3n) is 3.61. The van der Waals surface area contributed by atoms with E-state index < -0.39 is 20.6 Å². The number of hydrogen-bond acceptors (Lipinski definition) is 5. The lowest BCUT2D eigenvalue weighted by atomic mass is 10.1. The Bertz CT molecular complexity index is 690. The first-order chi connectivity index (χ1) is 10.5. The molecule has 0 aromatic heterocycles. The van der Waals surface area contributed by atoms with Crippen molar-refractivity contribution >= 4 is 15.7 Å². The maximum absolute atomic E-state index is 12.9. The van der Waals surface area contributed by atoms with Crippen LogP contribution in [0.25, 0.3) is 0 Å². The van der Waals surface area contributed by atoms with Crippen molar-refractivity contribution in [3.63, 3.8) is 0 Å². The molecule has 1 aromatic rings. The number of terminal acetylenes is 1. The zero-order valence-electron chi connectivity index (χ0n) is 11.9. The van der Waals surface area contributed by atoms with E-state index >= 15 is 0 Å². The fourth-order valence-electron chi connectivity index (χ4n) is 2.55. The number of nitro groups is 1. The Morgan fingerprint density at radius 1 is 1.36 bits per heavy atom. The highest BCUT2D eigenvalue weighted by atomic mass is 32.2. The summed E-state index contributed by atoms with van der Waals surface area (Å²) in [7, 11) is -4.02. The fraction of sp³-hybridized carbons (Fsp3) is 0.429. The first-order valence-electron chi connectivity index (χ1n) is 6.88. The van der Waals surface area contributed by atoms with E-state index in [0.29, 0.717) is 25.9 Å². The first kappa shape index (κ1) is 16.4. The Labute approximate surface area is 129 Å². The maximum Gasteiger partial charge on any atom is 0.289 e. The van der Waals surface area contributed by atoms with E-state index in [1.165, 1.54) is 28.6 Å². The molecular formula is C14H17N3O4S. The Morgan fingerprint density at radius 2 is 2.00 bits per heavy atom. The molecule has 0 atom stereocenters. The second-order valence-corrected chi connectivity index (χ2v) is 6.82. The first-order valence-corrected chi connectivity index (χ1v) is 8.32. The van der Waals surface area contributed by atoms with Crippen LogP contribution in [0.15, 0.2) is 29.2 Å². The summed E-state index contributed by atoms with van der Waals surface area (Å²) >= 11 is 0. The smallest absolute Gasteiger partial charge is 0.289 e. The van der Waals surface area contributed by atoms with Crippen molar-refractivity contribution in [2.45, 2.75) is 23.8 Å². The van der Waals surface area contributed by atoms with Crippen molar-refractivity contribution in [2.24, 2.45) is 0 Å². The van der Waals surface area contributed by atoms with Crippen LogP contribution in [0.1, 0.15) is 12.8 Å². The maximum atomic E-state index is 12.9. The van der Waals surface area contributed by atoms with Gasteiger partial charge in [-0.25, -0.2) is 8.42 Å². The second kappa shape index (κ2) is 6.87. The van der Waals surface area contributed by atoms with Crippen LogP contribution in [0.2, 0.25) is 0 Å². The van der Waals surface area contributed by atoms with Crippen LogP contribution in [0.4, 0.5) is 5.69 Å². The largest absolute Gasteiger partial charge is 0.317 e. The highest BCUT2D eigenvalue weighted by Crippen LogP contribution is 2.28. The molecule has 1 aromatic carbocycles. The van der Waals surface area contributed by atoms with Crippen LogP contribution in [0.5, 0.6) is 0 Å². The van der Waals surface area contributed by atoms with Crippen LogP contribution in [0, 0.1) is 22.5 Å². The number of para-hydroxylation sites is 1. The molecule has 1 heterocycles. The lowest BCUT2D eigenvalue weighted by Crippen LogP contribution is -2.46. The van der Waals surface area contributed by atoms with Gasteiger partial charge in [0.15, 0.2) is 4.90 Å². The number of rotatable bonds is 5. The molecule has 0 saturated carbocycles. The van der Waals surface area contributed by atoms with Crippen molar-refractivity contribution < 1.29 is 13.3 Å². The standard InChI is InChI=1S/C14H17N3O4S/c1-2-11-16(12-7-9-15-10-8-12)22(20,21)14-6-4-3-5-13(14)17(18)19/h1,3-6,12,15H,7-11H2. The molecule has 0 radical (unpaired) electrons. The van der Waals surface area contributed by atoms with Crippen molar-refractivity contribution in [1.82, 2.24) is 9.62 Å². The summed E-state index contributed by atoms with van der Waals surface area (Å²) in [5, 5.41) is 14.2. The molecule has 0 spiro atoms. The minimum Gasteiger partial charge on any atom is -0.317 e. The van der Waals surface area contributed by atoms with Gasteiger partial charge in [-0.15, -0.1) is 6.42 Å². The summed E-state index contributed by atoms with van der Waals surface area (Å²) in [5.74, 6) is 2.35. The molecular weight excluding hydrogens is 306 g/mol. The van der Waals surface area contributed by atoms with Gasteiger partial charge < -0.3 is 5.32 Å². The predicted molar refractivity (Wildman–Crippen MR) is 81.7 cm³/mol. The van der Waals surface area contributed by atoms with Crippen LogP contribution in [-0.2, 0) is 10.0 Å². The topological polar surface area (TPSA) is 92.6 Å². The third kappa shape index (κ3) is 3.27. The van der Waals surface area contributed by atoms with E-state index in [9.17, 15) is 18.5 Å². The van der Waals surface area contributed by atoms with E-state index in [0.717, 1.165) is 0 Å². The quantitative estimate of drug-likeness (QED) is 0.495. The number of benzene rings is 1. The summed E-state index contributed by atoms with van der Waals surface area (Å²) in [5.41, 5.74) is -0.432. The lowest BCUT2D eigenvalue weighted by Gasteiger charge is -2.32. The van der Waals surface area contributed by atoms with E-state index in [4.69, 9.17) is 6.42 Å². The molecule has 0 unspecified atom stereocenters. The van der Waals surface area contributed by atoms with Gasteiger partial charge in [0.25, 0.3) is 15.7 Å². The number of nitrogens with one attached hydrogen (secondary N) is 1. The van der Waals surface area contributed by atoms with E-state index in [1.807, 2.05) is 0 Å². The van der Waals surface area contributed by atoms with Gasteiger partial charge in [0.05, 0.1) is 11.5 Å². The molecule has 0 bridgehead atoms. The normalized spacial score (nSPS) is 16.4. The predicted octanol–water partition coefficient (Wildman–Crippen LogP) is 0.971. The van der Waals surface area contributed by atoms with Gasteiger partial charge in [0.2, 0.25) is 0 Å². The summed E-state index contributed by atoms with van der Waals surface area (Å²) in [6.07, 6.45) is 6.56. The molecule has 118 valence electrons. The van der Waals surface area contributed by atoms with Gasteiger partial charge in [-0.1, -0.05) is 18.1 Å². The van der Waals surface area contributed by atoms with Crippen molar-refractivity contribution in [2.75, 3.05) is 19.6 Å². The molecule has 0 amide bonds. The van der Waals surface area contributed by atoms with E-state index in [-0.39, 0.29) is 17.5 Å². The van der Waals surface area contributed by atoms with Gasteiger partial charge in [-0.05, 0) is 32.0 Å². The van der Waals surface area contributed by atoms with Gasteiger partial charge in [-0.3, -0.25) is 10.1 Å². The van der Waals surface area contributed by atoms with Crippen molar-refractivity contribution in [3.8, 4) is 12.3 Å². The number of hydrogen-bond donors (Lipinski definition) is 1. The Hall–Kier alpha value is -1.95. The van der Waals surface area contributed by atoms with Crippen LogP contribution >= 0.6 is 0 Å². The van der Waals surface area contributed by atoms with E-state index in [2.05, 4.69) is 11.2 Å². The average Bonchev–Trinajstić information content (AvgIpc) is 2.53. The SMILES string of the molecule is C#CCN(C1CCNCC1)S(=O)(=O)c1ccccc1[N+](=O)[O-]. The number of nitro benzene ring substituents is 1. The minimum atomic E-state index is -4.02. The molecule has 2 rings (SSSR count). The minimum absolute atomic E-state index is 0.0982. The molecule has 0 aliphatic carbocycles. The van der Waals surface area contributed by atoms with Gasteiger partial charge >= 0.3 is 0 Å². The zero-order valence-corrected chi connectivity index (χ0v) is 12.8. The highest BCUT2D eigenvalue weighted by Gasteiger charge is 2.35. The van der Waals surface area contributed by atoms with Crippen LogP contribution in [0.3, 0.4) is 0 Å². The van der Waals surface area contributed by atoms with Crippen LogP contribution < -0.4 is 5.32 Å². The van der Waals surface area contributed by atoms with Crippen molar-refractivity contribution in [1.29, 1.82) is 0 Å². The fourth-order valence-corrected chi connectivity index (χ4v) is 4.31. The average molecular weight is 323 g/mol. The third-order valence-corrected chi connectivity index (χ3v) is 5.56. The molecule has 1 fully saturated rings. The summed E-state index contributed by atoms with van der Waals surface area (Å²) in [6, 6.07) is 5.09. The summed E-state index contributed by atoms with van der Waals surface area (Å²) < 4.78 is 26.9. The Morgan fingerprint density at radius 3 is 2.59 bits per heavy atom. The Kier molecular flexibility index (Phi) is 5.13. The Balaban J connectivity index is 2.46. The van der Waals surface area contributed by atoms with Gasteiger partial charge in [0.1, 0.15) is 0 Å². The van der Waals surface area contributed by atoms with Crippen molar-refractivity contribution in [3.05, 3.63) is 34.4 Å². The molecule has 1 N–H and O–H groups in total. The number of nitrogens with zero attached hydrogens (tertiary/aromatic N) is 2. The van der Waals surface area contributed by atoms with Gasteiger partial charge in [-0.2, -0.15) is 4.31 Å². The van der Waals surface area contributed by atoms with E-state index in [1.54, 1.807) is 0 Å². The van der Waals surface area contributed by atoms with Gasteiger partial charge in [0, 0.05) is 12.1 Å². The zero-order chi connectivity index (χ0) is 16.2. The number of piperidine rings is 1. The molecule has 1 saturated heterocycles. The monoisotopic (exact) mass is 323 g/mol. The molecule has 1 aliphatic rings. The second-order valence-electron chi connectivity index (χ2n) is 4.96. The number of sulfonamides is 1. The summed E-state index contributed by atoms with van der Waals surface area (Å²) in [6.45, 7) is 1.29. The summed E-state index contributed by atoms with van der Waals surface area (Å²) in [4.78, 5) is 10.1. The highest BCUT2D eigenvalue weighted by molar-refractivity contribution is 7.89. The molecule has 8 heteroatoms.